The van der Waals surface area contributed by atoms with Crippen LogP contribution in [0.25, 0.3) is 10.2 Å². The molecule has 13 heteroatoms. The lowest BCUT2D eigenvalue weighted by atomic mass is 10.0. The second-order valence-electron chi connectivity index (χ2n) is 9.92. The van der Waals surface area contributed by atoms with Crippen molar-refractivity contribution in [3.8, 4) is 0 Å². The average Bonchev–Trinajstić information content (AvgIpc) is 3.64. The fourth-order valence-electron chi connectivity index (χ4n) is 5.37. The second-order valence-corrected chi connectivity index (χ2v) is 11.0. The molecule has 39 heavy (non-hydrogen) atoms. The Morgan fingerprint density at radius 1 is 1.28 bits per heavy atom. The van der Waals surface area contributed by atoms with Crippen LogP contribution in [0.2, 0.25) is 0 Å². The number of carbonyl (C=O) groups excluding carboxylic acids is 3. The van der Waals surface area contributed by atoms with E-state index in [9.17, 15) is 14.4 Å². The van der Waals surface area contributed by atoms with Gasteiger partial charge in [0.2, 0.25) is 11.8 Å². The van der Waals surface area contributed by atoms with Crippen molar-refractivity contribution < 1.29 is 14.4 Å². The molecule has 12 nitrogen and oxygen atoms in total. The normalized spacial score (nSPS) is 19.6. The number of para-hydroxylation sites is 1. The Kier molecular flexibility index (Phi) is 7.98. The monoisotopic (exact) mass is 553 g/mol. The van der Waals surface area contributed by atoms with E-state index in [0.717, 1.165) is 40.7 Å². The molecule has 4 N–H and O–H groups in total. The van der Waals surface area contributed by atoms with Crippen molar-refractivity contribution in [3.63, 3.8) is 0 Å². The van der Waals surface area contributed by atoms with Gasteiger partial charge in [0.05, 0.1) is 29.6 Å². The van der Waals surface area contributed by atoms with Gasteiger partial charge in [0.1, 0.15) is 12.2 Å². The van der Waals surface area contributed by atoms with Crippen LogP contribution in [0, 0.1) is 0 Å². The Hall–Kier alpha value is -3.71. The van der Waals surface area contributed by atoms with Crippen LogP contribution in [-0.2, 0) is 22.6 Å². The Labute approximate surface area is 231 Å². The maximum atomic E-state index is 13.9. The first kappa shape index (κ1) is 26.9. The molecule has 208 valence electrons. The van der Waals surface area contributed by atoms with Gasteiger partial charge in [-0.05, 0) is 24.5 Å². The summed E-state index contributed by atoms with van der Waals surface area (Å²) in [6.07, 6.45) is 5.63. The number of imidazole rings is 1. The highest BCUT2D eigenvalue weighted by atomic mass is 32.1. The predicted molar refractivity (Wildman–Crippen MR) is 148 cm³/mol. The molecule has 2 aliphatic rings. The van der Waals surface area contributed by atoms with Crippen molar-refractivity contribution in [1.29, 1.82) is 0 Å². The summed E-state index contributed by atoms with van der Waals surface area (Å²) in [7, 11) is 0. The van der Waals surface area contributed by atoms with Crippen molar-refractivity contribution in [1.82, 2.24) is 40.1 Å². The Morgan fingerprint density at radius 2 is 2.13 bits per heavy atom. The lowest BCUT2D eigenvalue weighted by molar-refractivity contribution is -0.157. The number of nitrogens with one attached hydrogen (secondary N) is 2. The third-order valence-electron chi connectivity index (χ3n) is 7.20. The predicted octanol–water partition coefficient (Wildman–Crippen LogP) is 2.16. The van der Waals surface area contributed by atoms with Gasteiger partial charge >= 0.3 is 6.03 Å². The number of unbranched alkanes of at least 4 members (excludes halogenated alkanes) is 1. The summed E-state index contributed by atoms with van der Waals surface area (Å²) < 4.78 is 0.959. The number of aromatic amines is 1. The largest absolute Gasteiger partial charge is 0.375 e. The zero-order valence-electron chi connectivity index (χ0n) is 22.3. The molecule has 4 amide bonds. The van der Waals surface area contributed by atoms with Crippen LogP contribution < -0.4 is 11.1 Å². The first-order valence-corrected chi connectivity index (χ1v) is 14.3. The Balaban J connectivity index is 1.47. The van der Waals surface area contributed by atoms with E-state index in [1.54, 1.807) is 27.3 Å². The van der Waals surface area contributed by atoms with E-state index in [-0.39, 0.29) is 30.9 Å². The molecule has 0 bridgehead atoms. The van der Waals surface area contributed by atoms with Crippen LogP contribution >= 0.6 is 11.3 Å². The molecule has 0 radical (unpaired) electrons. The lowest BCUT2D eigenvalue weighted by Gasteiger charge is -2.46. The lowest BCUT2D eigenvalue weighted by Crippen LogP contribution is -2.66. The number of hydrazine groups is 1. The third-order valence-corrected chi connectivity index (χ3v) is 8.05. The third kappa shape index (κ3) is 5.41. The minimum absolute atomic E-state index is 0.0324. The summed E-state index contributed by atoms with van der Waals surface area (Å²) in [5.74, 6) is -0.319. The fraction of sp³-hybridized carbons (Fsp3) is 0.500. The number of carbonyl (C=O) groups is 3. The van der Waals surface area contributed by atoms with E-state index >= 15 is 0 Å². The number of urea groups is 1. The molecule has 5 rings (SSSR count). The number of nitrogens with zero attached hydrogens (tertiary/aromatic N) is 6. The fourth-order valence-corrected chi connectivity index (χ4v) is 6.15. The van der Waals surface area contributed by atoms with Crippen molar-refractivity contribution >= 4 is 44.5 Å². The van der Waals surface area contributed by atoms with Gasteiger partial charge in [0, 0.05) is 37.9 Å². The number of hydrogen-bond acceptors (Lipinski definition) is 8. The quantitative estimate of drug-likeness (QED) is 0.326. The highest BCUT2D eigenvalue weighted by molar-refractivity contribution is 7.22. The zero-order valence-corrected chi connectivity index (χ0v) is 23.1. The molecule has 0 unspecified atom stereocenters. The number of thiazole rings is 1. The SMILES string of the molecule is CCCCNC(=O)N(CCC)N1CC(=O)N2[C@@H](Cc3cnc[nH]3)C(=O)N(Cc3cccc4sc(N)nc34)C[C@@H]21. The molecular weight excluding hydrogens is 518 g/mol. The maximum Gasteiger partial charge on any atom is 0.332 e. The van der Waals surface area contributed by atoms with Crippen LogP contribution in [0.15, 0.2) is 30.7 Å². The summed E-state index contributed by atoms with van der Waals surface area (Å²) >= 11 is 1.41. The molecule has 4 heterocycles. The summed E-state index contributed by atoms with van der Waals surface area (Å²) in [6, 6.07) is 4.90. The average molecular weight is 554 g/mol. The number of amides is 4. The Bertz CT molecular complexity index is 1330. The molecule has 2 fully saturated rings. The van der Waals surface area contributed by atoms with Crippen molar-refractivity contribution in [2.24, 2.45) is 0 Å². The van der Waals surface area contributed by atoms with Gasteiger partial charge in [-0.15, -0.1) is 0 Å². The number of aromatic nitrogens is 3. The second kappa shape index (κ2) is 11.6. The molecule has 2 saturated heterocycles. The molecule has 2 aliphatic heterocycles. The van der Waals surface area contributed by atoms with E-state index in [1.807, 2.05) is 30.1 Å². The molecule has 3 aromatic rings. The number of fused-ring (bicyclic) bond motifs is 2. The summed E-state index contributed by atoms with van der Waals surface area (Å²) in [4.78, 5) is 55.7. The van der Waals surface area contributed by atoms with Gasteiger partial charge in [0.25, 0.3) is 0 Å². The van der Waals surface area contributed by atoms with Crippen LogP contribution in [0.4, 0.5) is 9.93 Å². The van der Waals surface area contributed by atoms with E-state index in [2.05, 4.69) is 27.2 Å². The van der Waals surface area contributed by atoms with Crippen LogP contribution in [0.5, 0.6) is 0 Å². The number of hydrogen-bond donors (Lipinski definition) is 3. The summed E-state index contributed by atoms with van der Waals surface area (Å²) in [5.41, 5.74) is 8.41. The number of nitrogen functional groups attached to an aromatic ring is 1. The number of piperazine rings is 1. The molecule has 0 spiro atoms. The smallest absolute Gasteiger partial charge is 0.332 e. The standard InChI is InChI=1S/C26H35N9O3S/c1-3-5-9-29-26(38)33(10-4-2)34-15-22(36)35-19(11-18-12-28-16-30-18)24(37)32(14-21(34)35)13-17-7-6-8-20-23(17)31-25(27)39-20/h6-8,12,16,19,21H,3-5,9-11,13-15H2,1-2H3,(H2,27,31)(H,28,30)(H,29,38)/t19-,21+/m0/s1. The molecule has 2 aromatic heterocycles. The first-order chi connectivity index (χ1) is 18.9. The molecule has 1 aromatic carbocycles. The van der Waals surface area contributed by atoms with Crippen LogP contribution in [0.1, 0.15) is 44.4 Å². The van der Waals surface area contributed by atoms with Gasteiger partial charge in [0.15, 0.2) is 5.13 Å². The number of rotatable bonds is 10. The van der Waals surface area contributed by atoms with Gasteiger partial charge in [-0.3, -0.25) is 14.6 Å². The van der Waals surface area contributed by atoms with E-state index in [4.69, 9.17) is 5.73 Å². The molecule has 2 atom stereocenters. The van der Waals surface area contributed by atoms with E-state index in [1.165, 1.54) is 11.3 Å². The topological polar surface area (TPSA) is 144 Å². The summed E-state index contributed by atoms with van der Waals surface area (Å²) in [6.45, 7) is 5.72. The van der Waals surface area contributed by atoms with Crippen molar-refractivity contribution in [2.45, 2.75) is 58.3 Å². The zero-order chi connectivity index (χ0) is 27.5. The van der Waals surface area contributed by atoms with Gasteiger partial charge in [-0.25, -0.2) is 14.8 Å². The maximum absolute atomic E-state index is 13.9. The molecular formula is C26H35N9O3S. The minimum Gasteiger partial charge on any atom is -0.375 e. The highest BCUT2D eigenvalue weighted by Gasteiger charge is 2.52. The first-order valence-electron chi connectivity index (χ1n) is 13.4. The van der Waals surface area contributed by atoms with E-state index in [0.29, 0.717) is 31.2 Å². The van der Waals surface area contributed by atoms with Gasteiger partial charge in [-0.2, -0.15) is 5.01 Å². The van der Waals surface area contributed by atoms with Crippen LogP contribution in [-0.4, -0.2) is 91.0 Å². The highest BCUT2D eigenvalue weighted by Crippen LogP contribution is 2.32. The van der Waals surface area contributed by atoms with Gasteiger partial charge < -0.3 is 25.8 Å². The number of anilines is 1. The Morgan fingerprint density at radius 3 is 2.87 bits per heavy atom. The minimum atomic E-state index is -0.729. The molecule has 0 aliphatic carbocycles. The number of H-pyrrole nitrogens is 1. The van der Waals surface area contributed by atoms with Crippen molar-refractivity contribution in [2.75, 3.05) is 31.9 Å². The van der Waals surface area contributed by atoms with Gasteiger partial charge in [-0.1, -0.05) is 43.7 Å². The molecule has 0 saturated carbocycles. The van der Waals surface area contributed by atoms with Crippen molar-refractivity contribution in [3.05, 3.63) is 42.0 Å². The van der Waals surface area contributed by atoms with Crippen LogP contribution in [0.3, 0.4) is 0 Å². The summed E-state index contributed by atoms with van der Waals surface area (Å²) in [5, 5.41) is 6.93. The number of benzene rings is 1. The number of nitrogens with two attached hydrogens (primary N) is 1. The van der Waals surface area contributed by atoms with E-state index < -0.39 is 12.2 Å².